The summed E-state index contributed by atoms with van der Waals surface area (Å²) in [5.74, 6) is 0.723. The third-order valence-electron chi connectivity index (χ3n) is 4.15. The first-order valence-electron chi connectivity index (χ1n) is 9.53. The van der Waals surface area contributed by atoms with E-state index >= 15 is 0 Å². The van der Waals surface area contributed by atoms with Gasteiger partial charge in [0.15, 0.2) is 0 Å². The fraction of sp³-hybridized carbons (Fsp3) is 1.00. The van der Waals surface area contributed by atoms with Gasteiger partial charge in [-0.1, -0.05) is 101 Å². The van der Waals surface area contributed by atoms with E-state index in [-0.39, 0.29) is 6.67 Å². The molecule has 0 nitrogen and oxygen atoms in total. The number of alkyl halides is 1. The lowest BCUT2D eigenvalue weighted by Gasteiger charge is -2.26. The van der Waals surface area contributed by atoms with Gasteiger partial charge in [0.05, 0.1) is 6.67 Å². The topological polar surface area (TPSA) is 0 Å². The van der Waals surface area contributed by atoms with E-state index in [9.17, 15) is 4.39 Å². The van der Waals surface area contributed by atoms with Crippen LogP contribution in [0.4, 0.5) is 4.39 Å². The maximum absolute atomic E-state index is 13.0. The monoisotopic (exact) mass is 350 g/mol. The highest BCUT2D eigenvalue weighted by Gasteiger charge is 2.22. The average Bonchev–Trinajstić information content (AvgIpc) is 2.50. The van der Waals surface area contributed by atoms with Crippen LogP contribution in [0.3, 0.4) is 0 Å². The van der Waals surface area contributed by atoms with Crippen LogP contribution in [0.2, 0.25) is 0 Å². The Morgan fingerprint density at radius 2 is 1.27 bits per heavy atom. The van der Waals surface area contributed by atoms with Gasteiger partial charge in [-0.2, -0.15) is 0 Å². The van der Waals surface area contributed by atoms with E-state index in [2.05, 4.69) is 27.7 Å². The summed E-state index contributed by atoms with van der Waals surface area (Å²) in [5, 5.41) is 1.15. The van der Waals surface area contributed by atoms with Crippen LogP contribution in [0.5, 0.6) is 0 Å². The lowest BCUT2D eigenvalue weighted by atomic mass is 9.90. The number of unbranched alkanes of at least 4 members (excludes halogenated alkanes) is 6. The largest absolute Gasteiger partial charge is 0.251 e. The van der Waals surface area contributed by atoms with Gasteiger partial charge in [0.25, 0.3) is 0 Å². The highest BCUT2D eigenvalue weighted by Crippen LogP contribution is 2.39. The molecular weight excluding hydrogens is 311 g/mol. The molecule has 0 spiro atoms. The van der Waals surface area contributed by atoms with Crippen molar-refractivity contribution in [3.05, 3.63) is 0 Å². The van der Waals surface area contributed by atoms with Gasteiger partial charge in [0.1, 0.15) is 0 Å². The second kappa shape index (κ2) is 16.5. The van der Waals surface area contributed by atoms with E-state index in [0.29, 0.717) is 10.5 Å². The first kappa shape index (κ1) is 22.6. The van der Waals surface area contributed by atoms with Crippen LogP contribution in [0, 0.1) is 5.92 Å². The van der Waals surface area contributed by atoms with Crippen LogP contribution in [0.1, 0.15) is 98.3 Å². The number of hydrogen-bond donors (Lipinski definition) is 0. The summed E-state index contributed by atoms with van der Waals surface area (Å²) in [6.45, 7) is 8.85. The zero-order valence-electron chi connectivity index (χ0n) is 15.4. The van der Waals surface area contributed by atoms with Crippen LogP contribution >= 0.6 is 21.6 Å². The molecule has 3 heteroatoms. The van der Waals surface area contributed by atoms with Crippen LogP contribution in [-0.2, 0) is 0 Å². The van der Waals surface area contributed by atoms with Crippen LogP contribution in [0.15, 0.2) is 0 Å². The SMILES string of the molecule is CCCCCCC(CCCCCC)[C@H](CCF)SSC(C)C. The van der Waals surface area contributed by atoms with Gasteiger partial charge in [0, 0.05) is 10.5 Å². The van der Waals surface area contributed by atoms with Crippen LogP contribution < -0.4 is 0 Å². The second-order valence-corrected chi connectivity index (χ2v) is 9.80. The van der Waals surface area contributed by atoms with Crippen molar-refractivity contribution >= 4 is 21.6 Å². The Labute approximate surface area is 147 Å². The summed E-state index contributed by atoms with van der Waals surface area (Å²) < 4.78 is 13.0. The molecule has 0 fully saturated rings. The molecule has 0 rings (SSSR count). The fourth-order valence-electron chi connectivity index (χ4n) is 2.84. The molecule has 0 saturated carbocycles. The van der Waals surface area contributed by atoms with E-state index in [1.165, 1.54) is 64.2 Å². The van der Waals surface area contributed by atoms with Gasteiger partial charge in [-0.25, -0.2) is 0 Å². The number of hydrogen-bond acceptors (Lipinski definition) is 2. The van der Waals surface area contributed by atoms with Gasteiger partial charge >= 0.3 is 0 Å². The molecule has 0 bridgehead atoms. The molecule has 0 saturated heterocycles. The predicted molar refractivity (Wildman–Crippen MR) is 106 cm³/mol. The Morgan fingerprint density at radius 1 is 0.727 bits per heavy atom. The minimum absolute atomic E-state index is 0.156. The molecule has 0 N–H and O–H groups in total. The van der Waals surface area contributed by atoms with E-state index in [0.717, 1.165) is 12.3 Å². The molecule has 0 aliphatic carbocycles. The molecule has 0 heterocycles. The van der Waals surface area contributed by atoms with Crippen molar-refractivity contribution in [2.24, 2.45) is 5.92 Å². The Bertz CT molecular complexity index is 209. The first-order chi connectivity index (χ1) is 10.7. The minimum atomic E-state index is -0.156. The van der Waals surface area contributed by atoms with Crippen molar-refractivity contribution in [1.82, 2.24) is 0 Å². The van der Waals surface area contributed by atoms with Gasteiger partial charge < -0.3 is 0 Å². The summed E-state index contributed by atoms with van der Waals surface area (Å²) in [6, 6.07) is 0. The first-order valence-corrected chi connectivity index (χ1v) is 11.8. The van der Waals surface area contributed by atoms with E-state index < -0.39 is 0 Å². The predicted octanol–water partition coefficient (Wildman–Crippen LogP) is 8.06. The number of halogens is 1. The quantitative estimate of drug-likeness (QED) is 0.204. The van der Waals surface area contributed by atoms with Crippen molar-refractivity contribution in [2.75, 3.05) is 6.67 Å². The van der Waals surface area contributed by atoms with Gasteiger partial charge in [-0.05, 0) is 25.2 Å². The maximum Gasteiger partial charge on any atom is 0.0905 e. The molecule has 0 aliphatic heterocycles. The maximum atomic E-state index is 13.0. The zero-order valence-corrected chi connectivity index (χ0v) is 17.0. The fourth-order valence-corrected chi connectivity index (χ4v) is 5.67. The van der Waals surface area contributed by atoms with E-state index in [1.807, 2.05) is 21.6 Å². The average molecular weight is 351 g/mol. The Kier molecular flexibility index (Phi) is 17.0. The van der Waals surface area contributed by atoms with Gasteiger partial charge in [0.2, 0.25) is 0 Å². The summed E-state index contributed by atoms with van der Waals surface area (Å²) >= 11 is 0. The van der Waals surface area contributed by atoms with E-state index in [1.54, 1.807) is 0 Å². The smallest absolute Gasteiger partial charge is 0.0905 e. The zero-order chi connectivity index (χ0) is 16.6. The van der Waals surface area contributed by atoms with Crippen LogP contribution in [-0.4, -0.2) is 17.2 Å². The molecule has 1 atom stereocenters. The minimum Gasteiger partial charge on any atom is -0.251 e. The molecular formula is C19H39FS2. The summed E-state index contributed by atoms with van der Waals surface area (Å²) in [4.78, 5) is 0. The van der Waals surface area contributed by atoms with E-state index in [4.69, 9.17) is 0 Å². The lowest BCUT2D eigenvalue weighted by Crippen LogP contribution is -2.18. The summed E-state index contributed by atoms with van der Waals surface area (Å²) in [6.07, 6.45) is 14.0. The Hall–Kier alpha value is 0.630. The highest BCUT2D eigenvalue weighted by atomic mass is 33.1. The van der Waals surface area contributed by atoms with Crippen molar-refractivity contribution in [3.63, 3.8) is 0 Å². The molecule has 0 aromatic heterocycles. The summed E-state index contributed by atoms with van der Waals surface area (Å²) in [5.41, 5.74) is 0. The number of rotatable bonds is 16. The second-order valence-electron chi connectivity index (χ2n) is 6.72. The normalized spacial score (nSPS) is 13.2. The van der Waals surface area contributed by atoms with Crippen molar-refractivity contribution in [3.8, 4) is 0 Å². The molecule has 0 amide bonds. The molecule has 22 heavy (non-hydrogen) atoms. The van der Waals surface area contributed by atoms with Crippen molar-refractivity contribution < 1.29 is 4.39 Å². The molecule has 0 aliphatic rings. The lowest BCUT2D eigenvalue weighted by molar-refractivity contribution is 0.359. The molecule has 0 aromatic rings. The van der Waals surface area contributed by atoms with Gasteiger partial charge in [-0.15, -0.1) is 0 Å². The molecule has 0 aromatic carbocycles. The van der Waals surface area contributed by atoms with Crippen LogP contribution in [0.25, 0.3) is 0 Å². The molecule has 134 valence electrons. The van der Waals surface area contributed by atoms with Crippen molar-refractivity contribution in [1.29, 1.82) is 0 Å². The molecule has 0 unspecified atom stereocenters. The Morgan fingerprint density at radius 3 is 1.68 bits per heavy atom. The standard InChI is InChI=1S/C19H39FS2/c1-5-7-9-11-13-18(14-12-10-8-6-2)19(15-16-20)22-21-17(3)4/h17-19H,5-16H2,1-4H3/t19-/m0/s1. The molecule has 0 radical (unpaired) electrons. The Balaban J connectivity index is 4.36. The highest BCUT2D eigenvalue weighted by molar-refractivity contribution is 8.77. The van der Waals surface area contributed by atoms with Gasteiger partial charge in [-0.3, -0.25) is 4.39 Å². The third kappa shape index (κ3) is 13.1. The van der Waals surface area contributed by atoms with Crippen molar-refractivity contribution in [2.45, 2.75) is 109 Å². The summed E-state index contributed by atoms with van der Waals surface area (Å²) in [7, 11) is 3.91. The third-order valence-corrected chi connectivity index (χ3v) is 7.74.